The lowest BCUT2D eigenvalue weighted by molar-refractivity contribution is 0.0698. The molecule has 4 rings (SSSR count). The third kappa shape index (κ3) is 2.69. The summed E-state index contributed by atoms with van der Waals surface area (Å²) in [7, 11) is 0. The number of hydrogen-bond donors (Lipinski definition) is 4. The molecule has 2 aromatic heterocycles. The molecule has 0 aliphatic rings. The van der Waals surface area contributed by atoms with Crippen LogP contribution in [0.15, 0.2) is 54.8 Å². The van der Waals surface area contributed by atoms with Crippen LogP contribution in [0, 0.1) is 0 Å². The minimum atomic E-state index is -1.00. The maximum atomic E-state index is 11.9. The number of hydroxylamine groups is 2. The number of benzene rings is 2. The molecule has 0 unspecified atom stereocenters. The Morgan fingerprint density at radius 1 is 0.643 bits per heavy atom. The molecule has 2 amide bonds. The van der Waals surface area contributed by atoms with Crippen LogP contribution in [0.5, 0.6) is 0 Å². The Hall–Kier alpha value is -4.02. The van der Waals surface area contributed by atoms with Gasteiger partial charge < -0.3 is 8.83 Å². The van der Waals surface area contributed by atoms with Gasteiger partial charge >= 0.3 is 11.3 Å². The second kappa shape index (κ2) is 6.30. The molecule has 0 atom stereocenters. The van der Waals surface area contributed by atoms with Gasteiger partial charge in [-0.15, -0.1) is 0 Å². The summed E-state index contributed by atoms with van der Waals surface area (Å²) in [5, 5.41) is 19.5. The molecule has 10 nitrogen and oxygen atoms in total. The Morgan fingerprint density at radius 2 is 1.04 bits per heavy atom. The molecule has 28 heavy (non-hydrogen) atoms. The van der Waals surface area contributed by atoms with E-state index in [0.29, 0.717) is 21.5 Å². The van der Waals surface area contributed by atoms with Crippen molar-refractivity contribution in [3.8, 4) is 0 Å². The molecule has 0 aliphatic heterocycles. The van der Waals surface area contributed by atoms with Crippen LogP contribution in [-0.4, -0.2) is 22.2 Å². The van der Waals surface area contributed by atoms with E-state index in [1.165, 1.54) is 35.2 Å². The molecule has 0 saturated heterocycles. The van der Waals surface area contributed by atoms with E-state index in [9.17, 15) is 19.2 Å². The lowest BCUT2D eigenvalue weighted by atomic mass is 10.0. The summed E-state index contributed by atoms with van der Waals surface area (Å²) in [4.78, 5) is 46.9. The maximum Gasteiger partial charge on any atom is 0.349 e. The number of fused-ring (bicyclic) bond motifs is 3. The molecule has 10 heteroatoms. The van der Waals surface area contributed by atoms with Gasteiger partial charge in [-0.1, -0.05) is 0 Å². The Morgan fingerprint density at radius 3 is 1.43 bits per heavy atom. The average Bonchev–Trinajstić information content (AvgIpc) is 2.69. The summed E-state index contributed by atoms with van der Waals surface area (Å²) < 4.78 is 10.2. The van der Waals surface area contributed by atoms with Crippen LogP contribution in [0.4, 0.5) is 0 Å². The lowest BCUT2D eigenvalue weighted by Crippen LogP contribution is -2.25. The molecular formula is C18H10N2O8. The second-order valence-electron chi connectivity index (χ2n) is 5.90. The first-order valence-corrected chi connectivity index (χ1v) is 7.79. The van der Waals surface area contributed by atoms with Crippen LogP contribution in [0.1, 0.15) is 20.7 Å². The summed E-state index contributed by atoms with van der Waals surface area (Å²) in [6.45, 7) is 0. The van der Waals surface area contributed by atoms with Gasteiger partial charge in [-0.25, -0.2) is 20.5 Å². The van der Waals surface area contributed by atoms with Crippen LogP contribution >= 0.6 is 0 Å². The summed E-state index contributed by atoms with van der Waals surface area (Å²) in [5.41, 5.74) is 0.528. The zero-order chi connectivity index (χ0) is 20.0. The van der Waals surface area contributed by atoms with Gasteiger partial charge in [0.05, 0.1) is 0 Å². The maximum absolute atomic E-state index is 11.9. The van der Waals surface area contributed by atoms with E-state index >= 15 is 0 Å². The van der Waals surface area contributed by atoms with Crippen molar-refractivity contribution in [2.24, 2.45) is 0 Å². The van der Waals surface area contributed by atoms with Gasteiger partial charge in [0.2, 0.25) is 0 Å². The molecule has 0 bridgehead atoms. The summed E-state index contributed by atoms with van der Waals surface area (Å²) in [6.07, 6.45) is 0. The Bertz CT molecular complexity index is 1310. The first-order chi connectivity index (χ1) is 13.4. The fourth-order valence-electron chi connectivity index (χ4n) is 2.92. The van der Waals surface area contributed by atoms with Gasteiger partial charge in [0.15, 0.2) is 0 Å². The molecule has 0 aliphatic carbocycles. The fraction of sp³-hybridized carbons (Fsp3) is 0. The SMILES string of the molecule is O=C(NO)c1cc2cc3cc4cc(C(=O)NO)c(=O)oc4cc3cc2oc1=O. The highest BCUT2D eigenvalue weighted by atomic mass is 16.5. The molecule has 0 radical (unpaired) electrons. The van der Waals surface area contributed by atoms with Crippen molar-refractivity contribution in [3.63, 3.8) is 0 Å². The number of rotatable bonds is 2. The van der Waals surface area contributed by atoms with Crippen LogP contribution in [0.2, 0.25) is 0 Å². The van der Waals surface area contributed by atoms with Crippen molar-refractivity contribution in [1.29, 1.82) is 0 Å². The van der Waals surface area contributed by atoms with E-state index < -0.39 is 23.1 Å². The van der Waals surface area contributed by atoms with E-state index in [1.807, 2.05) is 0 Å². The summed E-state index contributed by atoms with van der Waals surface area (Å²) >= 11 is 0. The normalized spacial score (nSPS) is 11.1. The van der Waals surface area contributed by atoms with E-state index in [2.05, 4.69) is 0 Å². The molecule has 4 aromatic rings. The van der Waals surface area contributed by atoms with Gasteiger partial charge in [0.1, 0.15) is 22.3 Å². The Kier molecular flexibility index (Phi) is 3.91. The predicted molar refractivity (Wildman–Crippen MR) is 94.5 cm³/mol. The molecular weight excluding hydrogens is 372 g/mol. The van der Waals surface area contributed by atoms with E-state index in [-0.39, 0.29) is 22.3 Å². The number of hydrogen-bond acceptors (Lipinski definition) is 8. The van der Waals surface area contributed by atoms with Crippen molar-refractivity contribution in [1.82, 2.24) is 11.0 Å². The highest BCUT2D eigenvalue weighted by Crippen LogP contribution is 2.27. The number of amides is 2. The number of carbonyl (C=O) groups excluding carboxylic acids is 2. The van der Waals surface area contributed by atoms with Crippen molar-refractivity contribution in [2.45, 2.75) is 0 Å². The van der Waals surface area contributed by atoms with E-state index in [1.54, 1.807) is 12.1 Å². The minimum Gasteiger partial charge on any atom is -0.422 e. The van der Waals surface area contributed by atoms with Gasteiger partial charge in [-0.3, -0.25) is 20.0 Å². The fourth-order valence-corrected chi connectivity index (χ4v) is 2.92. The minimum absolute atomic E-state index is 0.185. The summed E-state index contributed by atoms with van der Waals surface area (Å²) in [5.74, 6) is -2.01. The van der Waals surface area contributed by atoms with Crippen molar-refractivity contribution >= 4 is 44.5 Å². The Balaban J connectivity index is 2.01. The quantitative estimate of drug-likeness (QED) is 0.175. The highest BCUT2D eigenvalue weighted by Gasteiger charge is 2.16. The van der Waals surface area contributed by atoms with Gasteiger partial charge in [-0.05, 0) is 47.2 Å². The molecule has 2 heterocycles. The highest BCUT2D eigenvalue weighted by molar-refractivity contribution is 6.05. The zero-order valence-corrected chi connectivity index (χ0v) is 13.8. The third-order valence-electron chi connectivity index (χ3n) is 4.23. The first-order valence-electron chi connectivity index (χ1n) is 7.79. The van der Waals surface area contributed by atoms with E-state index in [4.69, 9.17) is 19.2 Å². The number of carbonyl (C=O) groups is 2. The van der Waals surface area contributed by atoms with E-state index in [0.717, 1.165) is 0 Å². The van der Waals surface area contributed by atoms with Crippen LogP contribution in [-0.2, 0) is 0 Å². The van der Waals surface area contributed by atoms with Gasteiger partial charge in [0, 0.05) is 10.8 Å². The first kappa shape index (κ1) is 17.4. The molecule has 2 aromatic carbocycles. The largest absolute Gasteiger partial charge is 0.422 e. The zero-order valence-electron chi connectivity index (χ0n) is 13.8. The predicted octanol–water partition coefficient (Wildman–Crippen LogP) is 1.29. The summed E-state index contributed by atoms with van der Waals surface area (Å²) in [6, 6.07) is 8.84. The van der Waals surface area contributed by atoms with Crippen molar-refractivity contribution in [3.05, 3.63) is 68.4 Å². The average molecular weight is 382 g/mol. The van der Waals surface area contributed by atoms with Crippen molar-refractivity contribution in [2.75, 3.05) is 0 Å². The standard InChI is InChI=1S/C18H10N2O8/c21-15(19-25)11-3-9-1-7-2-10-4-12(16(22)20-26)18(24)28-14(10)6-8(7)5-13(9)27-17(11)23/h1-6,25-26H,(H,19,21)(H,20,22). The number of nitrogens with one attached hydrogen (secondary N) is 2. The monoisotopic (exact) mass is 382 g/mol. The van der Waals surface area contributed by atoms with Crippen LogP contribution in [0.3, 0.4) is 0 Å². The topological polar surface area (TPSA) is 159 Å². The van der Waals surface area contributed by atoms with Gasteiger partial charge in [0.25, 0.3) is 11.8 Å². The van der Waals surface area contributed by atoms with Gasteiger partial charge in [-0.2, -0.15) is 0 Å². The molecule has 140 valence electrons. The molecule has 0 spiro atoms. The Labute approximate surface area is 153 Å². The van der Waals surface area contributed by atoms with Crippen LogP contribution in [0.25, 0.3) is 32.7 Å². The van der Waals surface area contributed by atoms with Crippen molar-refractivity contribution < 1.29 is 28.8 Å². The molecule has 0 fully saturated rings. The lowest BCUT2D eigenvalue weighted by Gasteiger charge is -2.06. The third-order valence-corrected chi connectivity index (χ3v) is 4.23. The smallest absolute Gasteiger partial charge is 0.349 e. The van der Waals surface area contributed by atoms with Crippen LogP contribution < -0.4 is 22.2 Å². The second-order valence-corrected chi connectivity index (χ2v) is 5.90. The molecule has 4 N–H and O–H groups in total. The molecule has 0 saturated carbocycles.